The van der Waals surface area contributed by atoms with E-state index >= 15 is 0 Å². The van der Waals surface area contributed by atoms with E-state index in [-0.39, 0.29) is 17.7 Å². The SMILES string of the molecule is CCC(C(=O)NCCN1CCN(C(=O)c2cn(C)nc2OC)CC1)c1ccccc1. The Labute approximate surface area is 177 Å². The number of nitrogens with zero attached hydrogens (tertiary/aromatic N) is 4. The lowest BCUT2D eigenvalue weighted by molar-refractivity contribution is -0.122. The predicted octanol–water partition coefficient (Wildman–Crippen LogP) is 1.50. The quantitative estimate of drug-likeness (QED) is 0.709. The van der Waals surface area contributed by atoms with Crippen molar-refractivity contribution in [1.29, 1.82) is 0 Å². The number of hydrogen-bond acceptors (Lipinski definition) is 5. The van der Waals surface area contributed by atoms with Gasteiger partial charge in [0.25, 0.3) is 5.91 Å². The fraction of sp³-hybridized carbons (Fsp3) is 0.500. The van der Waals surface area contributed by atoms with E-state index in [1.54, 1.807) is 17.9 Å². The molecule has 1 aromatic carbocycles. The Morgan fingerprint density at radius 3 is 2.50 bits per heavy atom. The highest BCUT2D eigenvalue weighted by atomic mass is 16.5. The van der Waals surface area contributed by atoms with Crippen molar-refractivity contribution in [3.63, 3.8) is 0 Å². The molecule has 30 heavy (non-hydrogen) atoms. The number of amides is 2. The molecule has 8 heteroatoms. The maximum absolute atomic E-state index is 12.8. The third-order valence-electron chi connectivity index (χ3n) is 5.53. The summed E-state index contributed by atoms with van der Waals surface area (Å²) >= 11 is 0. The highest BCUT2D eigenvalue weighted by Crippen LogP contribution is 2.20. The van der Waals surface area contributed by atoms with Crippen molar-refractivity contribution in [2.75, 3.05) is 46.4 Å². The third-order valence-corrected chi connectivity index (χ3v) is 5.53. The Bertz CT molecular complexity index is 844. The lowest BCUT2D eigenvalue weighted by Crippen LogP contribution is -2.50. The molecule has 0 radical (unpaired) electrons. The first-order valence-corrected chi connectivity index (χ1v) is 10.5. The molecule has 2 amide bonds. The summed E-state index contributed by atoms with van der Waals surface area (Å²) < 4.78 is 6.79. The van der Waals surface area contributed by atoms with Gasteiger partial charge < -0.3 is 15.0 Å². The van der Waals surface area contributed by atoms with Crippen molar-refractivity contribution in [2.45, 2.75) is 19.3 Å². The van der Waals surface area contributed by atoms with Crippen LogP contribution in [0.25, 0.3) is 0 Å². The number of methoxy groups -OCH3 is 1. The first-order chi connectivity index (χ1) is 14.5. The first-order valence-electron chi connectivity index (χ1n) is 10.5. The number of nitrogens with one attached hydrogen (secondary N) is 1. The van der Waals surface area contributed by atoms with Gasteiger partial charge in [0.05, 0.1) is 13.0 Å². The van der Waals surface area contributed by atoms with Gasteiger partial charge >= 0.3 is 0 Å². The summed E-state index contributed by atoms with van der Waals surface area (Å²) in [5, 5.41) is 7.22. The van der Waals surface area contributed by atoms with Crippen molar-refractivity contribution in [3.8, 4) is 5.88 Å². The van der Waals surface area contributed by atoms with E-state index in [0.717, 1.165) is 31.6 Å². The zero-order valence-electron chi connectivity index (χ0n) is 18.0. The summed E-state index contributed by atoms with van der Waals surface area (Å²) in [5.41, 5.74) is 1.54. The minimum atomic E-state index is -0.116. The summed E-state index contributed by atoms with van der Waals surface area (Å²) in [6, 6.07) is 9.89. The zero-order chi connectivity index (χ0) is 21.5. The molecule has 0 bridgehead atoms. The van der Waals surface area contributed by atoms with Gasteiger partial charge in [-0.05, 0) is 12.0 Å². The average Bonchev–Trinajstić information content (AvgIpc) is 3.16. The second kappa shape index (κ2) is 10.2. The molecule has 8 nitrogen and oxygen atoms in total. The summed E-state index contributed by atoms with van der Waals surface area (Å²) in [6.45, 7) is 6.26. The second-order valence-electron chi connectivity index (χ2n) is 7.52. The van der Waals surface area contributed by atoms with Crippen LogP contribution in [0.1, 0.15) is 35.2 Å². The van der Waals surface area contributed by atoms with Gasteiger partial charge in [0.1, 0.15) is 5.56 Å². The molecule has 1 fully saturated rings. The van der Waals surface area contributed by atoms with E-state index in [1.807, 2.05) is 42.2 Å². The molecule has 2 aromatic rings. The Balaban J connectivity index is 1.44. The van der Waals surface area contributed by atoms with Crippen LogP contribution in [0.5, 0.6) is 5.88 Å². The maximum atomic E-state index is 12.8. The highest BCUT2D eigenvalue weighted by Gasteiger charge is 2.26. The molecule has 0 spiro atoms. The van der Waals surface area contributed by atoms with Gasteiger partial charge in [-0.1, -0.05) is 37.3 Å². The molecule has 1 unspecified atom stereocenters. The van der Waals surface area contributed by atoms with Crippen LogP contribution in [0.4, 0.5) is 0 Å². The molecule has 0 aliphatic carbocycles. The maximum Gasteiger partial charge on any atom is 0.261 e. The van der Waals surface area contributed by atoms with Gasteiger partial charge in [-0.3, -0.25) is 19.2 Å². The van der Waals surface area contributed by atoms with Crippen molar-refractivity contribution in [3.05, 3.63) is 47.7 Å². The van der Waals surface area contributed by atoms with Crippen LogP contribution >= 0.6 is 0 Å². The van der Waals surface area contributed by atoms with Gasteiger partial charge in [0, 0.05) is 52.5 Å². The molecular formula is C22H31N5O3. The van der Waals surface area contributed by atoms with E-state index in [2.05, 4.69) is 15.3 Å². The average molecular weight is 414 g/mol. The normalized spacial score (nSPS) is 15.6. The summed E-state index contributed by atoms with van der Waals surface area (Å²) in [4.78, 5) is 29.4. The minimum Gasteiger partial charge on any atom is -0.479 e. The molecule has 0 saturated carbocycles. The Hall–Kier alpha value is -2.87. The molecule has 1 aliphatic heterocycles. The predicted molar refractivity (Wildman–Crippen MR) is 115 cm³/mol. The summed E-state index contributed by atoms with van der Waals surface area (Å²) in [6.07, 6.45) is 2.47. The third kappa shape index (κ3) is 5.18. The van der Waals surface area contributed by atoms with Crippen LogP contribution in [0, 0.1) is 0 Å². The van der Waals surface area contributed by atoms with Crippen molar-refractivity contribution in [2.24, 2.45) is 7.05 Å². The van der Waals surface area contributed by atoms with Gasteiger partial charge in [-0.2, -0.15) is 0 Å². The topological polar surface area (TPSA) is 79.7 Å². The van der Waals surface area contributed by atoms with Gasteiger partial charge in [-0.25, -0.2) is 0 Å². The number of aryl methyl sites for hydroxylation is 1. The number of aromatic nitrogens is 2. The number of carbonyl (C=O) groups is 2. The molecule has 2 heterocycles. The van der Waals surface area contributed by atoms with Gasteiger partial charge in [-0.15, -0.1) is 5.10 Å². The standard InChI is InChI=1S/C22H31N5O3/c1-4-18(17-8-6-5-7-9-17)20(28)23-10-11-26-12-14-27(15-13-26)22(29)19-16-25(2)24-21(19)30-3/h5-9,16,18H,4,10-15H2,1-3H3,(H,23,28). The molecular weight excluding hydrogens is 382 g/mol. The number of rotatable bonds is 8. The number of benzene rings is 1. The van der Waals surface area contributed by atoms with Crippen LogP contribution in [0.2, 0.25) is 0 Å². The summed E-state index contributed by atoms with van der Waals surface area (Å²) in [5.74, 6) is 0.259. The molecule has 1 N–H and O–H groups in total. The lowest BCUT2D eigenvalue weighted by Gasteiger charge is -2.34. The smallest absolute Gasteiger partial charge is 0.261 e. The minimum absolute atomic E-state index is 0.0541. The first kappa shape index (κ1) is 21.8. The second-order valence-corrected chi connectivity index (χ2v) is 7.52. The molecule has 1 aromatic heterocycles. The Kier molecular flexibility index (Phi) is 7.46. The largest absolute Gasteiger partial charge is 0.479 e. The summed E-state index contributed by atoms with van der Waals surface area (Å²) in [7, 11) is 3.29. The van der Waals surface area contributed by atoms with Crippen molar-refractivity contribution in [1.82, 2.24) is 24.9 Å². The van der Waals surface area contributed by atoms with Gasteiger partial charge in [0.15, 0.2) is 0 Å². The Morgan fingerprint density at radius 2 is 1.87 bits per heavy atom. The van der Waals surface area contributed by atoms with E-state index in [4.69, 9.17) is 4.74 Å². The van der Waals surface area contributed by atoms with Crippen LogP contribution < -0.4 is 10.1 Å². The monoisotopic (exact) mass is 413 g/mol. The van der Waals surface area contributed by atoms with Gasteiger partial charge in [0.2, 0.25) is 11.8 Å². The van der Waals surface area contributed by atoms with E-state index in [1.165, 1.54) is 7.11 Å². The zero-order valence-corrected chi connectivity index (χ0v) is 18.0. The molecule has 3 rings (SSSR count). The van der Waals surface area contributed by atoms with Crippen molar-refractivity contribution >= 4 is 11.8 Å². The van der Waals surface area contributed by atoms with E-state index in [0.29, 0.717) is 31.1 Å². The molecule has 162 valence electrons. The molecule has 1 atom stereocenters. The Morgan fingerprint density at radius 1 is 1.17 bits per heavy atom. The molecule has 1 aliphatic rings. The fourth-order valence-corrected chi connectivity index (χ4v) is 3.83. The fourth-order valence-electron chi connectivity index (χ4n) is 3.83. The van der Waals surface area contributed by atoms with Crippen LogP contribution in [0.3, 0.4) is 0 Å². The number of hydrogen-bond donors (Lipinski definition) is 1. The van der Waals surface area contributed by atoms with E-state index < -0.39 is 0 Å². The lowest BCUT2D eigenvalue weighted by atomic mass is 9.96. The van der Waals surface area contributed by atoms with E-state index in [9.17, 15) is 9.59 Å². The number of piperazine rings is 1. The van der Waals surface area contributed by atoms with Crippen molar-refractivity contribution < 1.29 is 14.3 Å². The van der Waals surface area contributed by atoms with Crippen LogP contribution in [-0.4, -0.2) is 77.8 Å². The number of carbonyl (C=O) groups excluding carboxylic acids is 2. The van der Waals surface area contributed by atoms with Crippen LogP contribution in [-0.2, 0) is 11.8 Å². The highest BCUT2D eigenvalue weighted by molar-refractivity contribution is 5.96. The molecule has 1 saturated heterocycles. The van der Waals surface area contributed by atoms with Crippen LogP contribution in [0.15, 0.2) is 36.5 Å². The number of ether oxygens (including phenoxy) is 1.